The second-order valence-electron chi connectivity index (χ2n) is 13.9. The molecule has 0 spiro atoms. The van der Waals surface area contributed by atoms with Crippen LogP contribution in [0.3, 0.4) is 0 Å². The van der Waals surface area contributed by atoms with E-state index in [1.54, 1.807) is 13.8 Å². The van der Waals surface area contributed by atoms with Gasteiger partial charge >= 0.3 is 11.9 Å². The number of rotatable bonds is 25. The second-order valence-corrected chi connectivity index (χ2v) is 13.9. The van der Waals surface area contributed by atoms with Crippen molar-refractivity contribution in [1.82, 2.24) is 37.2 Å². The van der Waals surface area contributed by atoms with Crippen LogP contribution in [0.4, 0.5) is 0 Å². The van der Waals surface area contributed by atoms with Crippen LogP contribution in [0, 0.1) is 11.8 Å². The Balaban J connectivity index is 5.87. The van der Waals surface area contributed by atoms with Crippen molar-refractivity contribution in [2.75, 3.05) is 13.1 Å². The molecule has 8 atom stereocenters. The smallest absolute Gasteiger partial charge is 0.326 e. The lowest BCUT2D eigenvalue weighted by Gasteiger charge is -2.29. The molecular weight excluding hydrogens is 742 g/mol. The normalized spacial score (nSPS) is 15.3. The molecule has 56 heavy (non-hydrogen) atoms. The third-order valence-corrected chi connectivity index (χ3v) is 7.93. The highest BCUT2D eigenvalue weighted by Gasteiger charge is 2.36. The molecule has 0 fully saturated rings. The first-order valence-corrected chi connectivity index (χ1v) is 17.9. The fourth-order valence-electron chi connectivity index (χ4n) is 4.89. The molecule has 0 aliphatic carbocycles. The number of carboxylic acid groups (broad SMARTS) is 2. The molecule has 0 heterocycles. The number of hydrogen-bond donors (Lipinski definition) is 13. The number of aliphatic hydroxyl groups excluding tert-OH is 1. The molecule has 0 aromatic rings. The van der Waals surface area contributed by atoms with E-state index in [-0.39, 0.29) is 44.2 Å². The molecule has 318 valence electrons. The molecule has 0 aromatic carbocycles. The predicted molar refractivity (Wildman–Crippen MR) is 200 cm³/mol. The molecule has 0 aliphatic heterocycles. The van der Waals surface area contributed by atoms with E-state index in [0.29, 0.717) is 0 Å². The first kappa shape index (κ1) is 50.4. The molecule has 0 radical (unpaired) electrons. The van der Waals surface area contributed by atoms with E-state index in [1.165, 1.54) is 34.6 Å². The van der Waals surface area contributed by atoms with E-state index in [1.807, 2.05) is 0 Å². The fourth-order valence-corrected chi connectivity index (χ4v) is 4.89. The van der Waals surface area contributed by atoms with Gasteiger partial charge in [-0.05, 0) is 51.9 Å². The highest BCUT2D eigenvalue weighted by molar-refractivity contribution is 5.98. The fraction of sp³-hybridized carbons (Fsp3) is 0.697. The Morgan fingerprint density at radius 3 is 1.57 bits per heavy atom. The van der Waals surface area contributed by atoms with E-state index >= 15 is 0 Å². The van der Waals surface area contributed by atoms with Gasteiger partial charge in [-0.15, -0.1) is 0 Å². The number of nitrogens with two attached hydrogens (primary N) is 3. The van der Waals surface area contributed by atoms with Crippen molar-refractivity contribution in [2.45, 2.75) is 123 Å². The molecule has 23 heteroatoms. The molecule has 0 bridgehead atoms. The number of aliphatic carboxylic acids is 2. The average molecular weight is 802 g/mol. The van der Waals surface area contributed by atoms with Crippen LogP contribution in [0.1, 0.15) is 74.1 Å². The lowest BCUT2D eigenvalue weighted by atomic mass is 10.0. The summed E-state index contributed by atoms with van der Waals surface area (Å²) < 4.78 is 0. The number of nitrogens with zero attached hydrogens (tertiary/aromatic N) is 1. The number of aliphatic hydroxyl groups is 1. The number of aliphatic imine (C=N–C) groups is 1. The van der Waals surface area contributed by atoms with Crippen molar-refractivity contribution in [1.29, 1.82) is 0 Å². The van der Waals surface area contributed by atoms with Crippen molar-refractivity contribution < 1.29 is 58.5 Å². The predicted octanol–water partition coefficient (Wildman–Crippen LogP) is -4.93. The van der Waals surface area contributed by atoms with Crippen molar-refractivity contribution in [3.05, 3.63) is 0 Å². The molecule has 23 nitrogen and oxygen atoms in total. The summed E-state index contributed by atoms with van der Waals surface area (Å²) in [6, 6.07) is -9.91. The summed E-state index contributed by atoms with van der Waals surface area (Å²) in [5, 5.41) is 45.8. The van der Waals surface area contributed by atoms with Gasteiger partial charge in [0.2, 0.25) is 41.4 Å². The van der Waals surface area contributed by atoms with Crippen molar-refractivity contribution in [3.63, 3.8) is 0 Å². The third kappa shape index (κ3) is 19.1. The maximum absolute atomic E-state index is 13.4. The molecule has 0 saturated carbocycles. The van der Waals surface area contributed by atoms with Crippen molar-refractivity contribution >= 4 is 59.2 Å². The Bertz CT molecular complexity index is 1440. The minimum Gasteiger partial charge on any atom is -0.481 e. The lowest BCUT2D eigenvalue weighted by Crippen LogP contribution is -2.62. The molecule has 0 unspecified atom stereocenters. The molecule has 0 saturated heterocycles. The van der Waals surface area contributed by atoms with Gasteiger partial charge in [-0.1, -0.05) is 27.7 Å². The van der Waals surface area contributed by atoms with Gasteiger partial charge in [0.1, 0.15) is 42.3 Å². The quantitative estimate of drug-likeness (QED) is 0.0234. The number of carbonyl (C=O) groups is 9. The van der Waals surface area contributed by atoms with Gasteiger partial charge < -0.3 is 69.7 Å². The zero-order chi connectivity index (χ0) is 43.4. The number of guanidine groups is 1. The maximum atomic E-state index is 13.4. The monoisotopic (exact) mass is 801 g/mol. The van der Waals surface area contributed by atoms with Crippen LogP contribution >= 0.6 is 0 Å². The zero-order valence-corrected chi connectivity index (χ0v) is 32.7. The number of carbonyl (C=O) groups excluding carboxylic acids is 7. The molecule has 0 aliphatic rings. The minimum atomic E-state index is -1.79. The Kier molecular flexibility index (Phi) is 22.3. The first-order chi connectivity index (χ1) is 25.9. The third-order valence-electron chi connectivity index (χ3n) is 7.93. The summed E-state index contributed by atoms with van der Waals surface area (Å²) in [6.45, 7) is 10.1. The number of carboxylic acids is 2. The van der Waals surface area contributed by atoms with Crippen molar-refractivity contribution in [3.8, 4) is 0 Å². The molecular formula is C33H59N11O12. The van der Waals surface area contributed by atoms with Crippen LogP contribution < -0.4 is 54.4 Å². The van der Waals surface area contributed by atoms with Crippen LogP contribution in [0.2, 0.25) is 0 Å². The second kappa shape index (κ2) is 24.8. The van der Waals surface area contributed by atoms with Gasteiger partial charge in [0.25, 0.3) is 0 Å². The van der Waals surface area contributed by atoms with Crippen LogP contribution in [-0.2, 0) is 43.2 Å². The van der Waals surface area contributed by atoms with Gasteiger partial charge in [0, 0.05) is 6.54 Å². The number of hydrogen-bond acceptors (Lipinski definition) is 12. The van der Waals surface area contributed by atoms with E-state index < -0.39 is 114 Å². The Hall–Kier alpha value is -5.58. The standard InChI is InChI=1S/C33H59N11O12/c1-14(2)11-20(41-26(49)16(5)38-22(46)13-34)28(51)39-17(6)27(50)44-25(18(7)45)31(54)43-24(15(3)4)30(53)42-21(12-23(47)48)29(52)40-19(32(55)56)9-8-10-37-33(35)36/h14-21,24-25,45H,8-13,34H2,1-7H3,(H,38,46)(H,39,51)(H,40,52)(H,41,49)(H,42,53)(H,43,54)(H,44,50)(H,47,48)(H,55,56)(H4,35,36,37)/t16-,17-,18+,19-,20-,21-,24-,25-/m0/s1. The summed E-state index contributed by atoms with van der Waals surface area (Å²) in [4.78, 5) is 117. The summed E-state index contributed by atoms with van der Waals surface area (Å²) in [6.07, 6.45) is -2.38. The first-order valence-electron chi connectivity index (χ1n) is 17.9. The van der Waals surface area contributed by atoms with Crippen LogP contribution in [-0.4, -0.2) is 136 Å². The lowest BCUT2D eigenvalue weighted by molar-refractivity contribution is -0.144. The Morgan fingerprint density at radius 2 is 1.09 bits per heavy atom. The van der Waals surface area contributed by atoms with Gasteiger partial charge in [-0.3, -0.25) is 43.3 Å². The number of amides is 7. The summed E-state index contributed by atoms with van der Waals surface area (Å²) >= 11 is 0. The molecule has 0 aromatic heterocycles. The Morgan fingerprint density at radius 1 is 0.607 bits per heavy atom. The summed E-state index contributed by atoms with van der Waals surface area (Å²) in [5.41, 5.74) is 15.8. The van der Waals surface area contributed by atoms with E-state index in [4.69, 9.17) is 17.2 Å². The van der Waals surface area contributed by atoms with Gasteiger partial charge in [0.15, 0.2) is 5.96 Å². The summed E-state index contributed by atoms with van der Waals surface area (Å²) in [5.74, 6) is -10.2. The molecule has 0 rings (SSSR count). The van der Waals surface area contributed by atoms with Gasteiger partial charge in [-0.25, -0.2) is 4.79 Å². The molecule has 7 amide bonds. The highest BCUT2D eigenvalue weighted by atomic mass is 16.4. The van der Waals surface area contributed by atoms with E-state index in [0.717, 1.165) is 0 Å². The maximum Gasteiger partial charge on any atom is 0.326 e. The number of nitrogens with one attached hydrogen (secondary N) is 7. The van der Waals surface area contributed by atoms with E-state index in [2.05, 4.69) is 42.2 Å². The van der Waals surface area contributed by atoms with E-state index in [9.17, 15) is 58.5 Å². The average Bonchev–Trinajstić information content (AvgIpc) is 3.08. The van der Waals surface area contributed by atoms with Gasteiger partial charge in [0.05, 0.1) is 19.1 Å². The Labute approximate surface area is 324 Å². The van der Waals surface area contributed by atoms with Crippen LogP contribution in [0.5, 0.6) is 0 Å². The molecule has 16 N–H and O–H groups in total. The SMILES string of the molecule is CC(C)C[C@H](NC(=O)[C@H](C)NC(=O)CN)C(=O)N[C@@H](C)C(=O)N[C@H](C(=O)N[C@H](C(=O)N[C@@H](CC(=O)O)C(=O)N[C@@H](CCCN=C(N)N)C(=O)O)C(C)C)[C@@H](C)O. The summed E-state index contributed by atoms with van der Waals surface area (Å²) in [7, 11) is 0. The largest absolute Gasteiger partial charge is 0.481 e. The highest BCUT2D eigenvalue weighted by Crippen LogP contribution is 2.09. The minimum absolute atomic E-state index is 0.0471. The van der Waals surface area contributed by atoms with Crippen LogP contribution in [0.15, 0.2) is 4.99 Å². The van der Waals surface area contributed by atoms with Crippen molar-refractivity contribution in [2.24, 2.45) is 34.0 Å². The zero-order valence-electron chi connectivity index (χ0n) is 32.7. The van der Waals surface area contributed by atoms with Gasteiger partial charge in [-0.2, -0.15) is 0 Å². The van der Waals surface area contributed by atoms with Crippen LogP contribution in [0.25, 0.3) is 0 Å². The topological polar surface area (TPSA) is 389 Å².